The summed E-state index contributed by atoms with van der Waals surface area (Å²) in [5.41, 5.74) is 0. The van der Waals surface area contributed by atoms with Crippen LogP contribution in [-0.4, -0.2) is 22.3 Å². The van der Waals surface area contributed by atoms with Gasteiger partial charge in [-0.05, 0) is 31.1 Å². The molecule has 0 aliphatic heterocycles. The smallest absolute Gasteiger partial charge is 0.303 e. The molecule has 0 saturated heterocycles. The summed E-state index contributed by atoms with van der Waals surface area (Å²) in [4.78, 5) is 10.3. The Bertz CT molecular complexity index is 379. The average molecular weight is 292 g/mol. The highest BCUT2D eigenvalue weighted by atomic mass is 16.4. The Morgan fingerprint density at radius 2 is 1.67 bits per heavy atom. The van der Waals surface area contributed by atoms with Crippen LogP contribution in [0.3, 0.4) is 0 Å². The summed E-state index contributed by atoms with van der Waals surface area (Å²) in [6, 6.07) is 0. The number of unbranched alkanes of at least 4 members (excludes halogenated alkanes) is 7. The van der Waals surface area contributed by atoms with E-state index in [-0.39, 0.29) is 6.42 Å². The molecule has 3 heteroatoms. The lowest BCUT2D eigenvalue weighted by Gasteiger charge is -1.98. The number of carboxylic acid groups (broad SMARTS) is 1. The second-order valence-corrected chi connectivity index (χ2v) is 5.24. The molecule has 0 aromatic heterocycles. The first-order chi connectivity index (χ1) is 10.2. The second-order valence-electron chi connectivity index (χ2n) is 5.24. The fourth-order valence-electron chi connectivity index (χ4n) is 1.89. The highest BCUT2D eigenvalue weighted by Crippen LogP contribution is 2.08. The SMILES string of the molecule is CCCC[C@@H](O)C#CC#CCCCCCCCCC(=O)O. The number of hydrogen-bond acceptors (Lipinski definition) is 2. The van der Waals surface area contributed by atoms with Gasteiger partial charge in [0.25, 0.3) is 0 Å². The molecule has 2 N–H and O–H groups in total. The third-order valence-corrected chi connectivity index (χ3v) is 3.16. The van der Waals surface area contributed by atoms with Crippen molar-refractivity contribution in [2.45, 2.75) is 83.7 Å². The first-order valence-corrected chi connectivity index (χ1v) is 8.05. The van der Waals surface area contributed by atoms with Crippen molar-refractivity contribution in [3.8, 4) is 23.7 Å². The summed E-state index contributed by atoms with van der Waals surface area (Å²) in [5, 5.41) is 18.0. The minimum absolute atomic E-state index is 0.286. The molecule has 0 aliphatic carbocycles. The molecular weight excluding hydrogens is 264 g/mol. The number of carbonyl (C=O) groups is 1. The highest BCUT2D eigenvalue weighted by molar-refractivity contribution is 5.66. The Hall–Kier alpha value is -1.45. The van der Waals surface area contributed by atoms with E-state index in [1.54, 1.807) is 0 Å². The molecule has 0 saturated carbocycles. The number of aliphatic carboxylic acids is 1. The molecule has 0 aromatic rings. The Kier molecular flexibility index (Phi) is 13.9. The summed E-state index contributed by atoms with van der Waals surface area (Å²) >= 11 is 0. The third-order valence-electron chi connectivity index (χ3n) is 3.16. The zero-order valence-electron chi connectivity index (χ0n) is 13.2. The van der Waals surface area contributed by atoms with E-state index in [9.17, 15) is 9.90 Å². The molecule has 0 fully saturated rings. The standard InChI is InChI=1S/C18H28O3/c1-2-3-14-17(19)15-12-10-8-6-4-5-7-9-11-13-16-18(20)21/h17,19H,2-7,9,11,13-14,16H2,1H3,(H,20,21)/t17-/m1/s1. The average Bonchev–Trinajstić information content (AvgIpc) is 2.45. The van der Waals surface area contributed by atoms with E-state index in [1.165, 1.54) is 0 Å². The zero-order chi connectivity index (χ0) is 15.8. The van der Waals surface area contributed by atoms with Crippen LogP contribution >= 0.6 is 0 Å². The maximum atomic E-state index is 10.3. The molecule has 0 rings (SSSR count). The van der Waals surface area contributed by atoms with Crippen molar-refractivity contribution in [3.05, 3.63) is 0 Å². The van der Waals surface area contributed by atoms with Crippen LogP contribution in [0.2, 0.25) is 0 Å². The molecule has 3 nitrogen and oxygen atoms in total. The predicted octanol–water partition coefficient (Wildman–Crippen LogP) is 3.75. The lowest BCUT2D eigenvalue weighted by Crippen LogP contribution is -2.01. The molecule has 0 aromatic carbocycles. The van der Waals surface area contributed by atoms with Crippen molar-refractivity contribution in [2.24, 2.45) is 0 Å². The van der Waals surface area contributed by atoms with Gasteiger partial charge in [-0.2, -0.15) is 0 Å². The largest absolute Gasteiger partial charge is 0.481 e. The molecule has 0 heterocycles. The molecule has 0 aliphatic rings. The van der Waals surface area contributed by atoms with Crippen LogP contribution in [0.5, 0.6) is 0 Å². The van der Waals surface area contributed by atoms with Crippen molar-refractivity contribution in [3.63, 3.8) is 0 Å². The molecule has 0 unspecified atom stereocenters. The number of rotatable bonds is 11. The maximum absolute atomic E-state index is 10.3. The van der Waals surface area contributed by atoms with Crippen molar-refractivity contribution in [1.29, 1.82) is 0 Å². The molecule has 0 bridgehead atoms. The second kappa shape index (κ2) is 14.9. The summed E-state index contributed by atoms with van der Waals surface area (Å²) < 4.78 is 0. The molecule has 118 valence electrons. The van der Waals surface area contributed by atoms with Crippen LogP contribution < -0.4 is 0 Å². The number of carboxylic acids is 1. The molecule has 0 radical (unpaired) electrons. The van der Waals surface area contributed by atoms with Gasteiger partial charge in [-0.25, -0.2) is 0 Å². The van der Waals surface area contributed by atoms with Gasteiger partial charge in [-0.3, -0.25) is 4.79 Å². The number of aliphatic hydroxyl groups is 1. The van der Waals surface area contributed by atoms with Crippen LogP contribution in [0.1, 0.15) is 77.6 Å². The lowest BCUT2D eigenvalue weighted by atomic mass is 10.1. The van der Waals surface area contributed by atoms with E-state index in [0.29, 0.717) is 0 Å². The summed E-state index contributed by atoms with van der Waals surface area (Å²) in [7, 11) is 0. The van der Waals surface area contributed by atoms with Gasteiger partial charge < -0.3 is 10.2 Å². The van der Waals surface area contributed by atoms with Crippen molar-refractivity contribution >= 4 is 5.97 Å². The fraction of sp³-hybridized carbons (Fsp3) is 0.722. The molecule has 1 atom stereocenters. The van der Waals surface area contributed by atoms with Crippen LogP contribution in [0.15, 0.2) is 0 Å². The third kappa shape index (κ3) is 16.5. The predicted molar refractivity (Wildman–Crippen MR) is 85.7 cm³/mol. The highest BCUT2D eigenvalue weighted by Gasteiger charge is 1.96. The van der Waals surface area contributed by atoms with E-state index in [2.05, 4.69) is 30.6 Å². The first kappa shape index (κ1) is 19.6. The quantitative estimate of drug-likeness (QED) is 0.450. The normalized spacial score (nSPS) is 11.0. The molecule has 0 amide bonds. The zero-order valence-corrected chi connectivity index (χ0v) is 13.2. The lowest BCUT2D eigenvalue weighted by molar-refractivity contribution is -0.137. The van der Waals surface area contributed by atoms with Gasteiger partial charge in [0.1, 0.15) is 6.10 Å². The van der Waals surface area contributed by atoms with Crippen molar-refractivity contribution in [1.82, 2.24) is 0 Å². The summed E-state index contributed by atoms with van der Waals surface area (Å²) in [5.74, 6) is 10.5. The monoisotopic (exact) mass is 292 g/mol. The fourth-order valence-corrected chi connectivity index (χ4v) is 1.89. The number of hydrogen-bond donors (Lipinski definition) is 2. The summed E-state index contributed by atoms with van der Waals surface area (Å²) in [6.07, 6.45) is 9.61. The minimum atomic E-state index is -0.703. The van der Waals surface area contributed by atoms with Crippen LogP contribution in [-0.2, 0) is 4.79 Å². The molecule has 21 heavy (non-hydrogen) atoms. The van der Waals surface area contributed by atoms with Gasteiger partial charge >= 0.3 is 5.97 Å². The minimum Gasteiger partial charge on any atom is -0.481 e. The maximum Gasteiger partial charge on any atom is 0.303 e. The van der Waals surface area contributed by atoms with E-state index in [0.717, 1.165) is 64.2 Å². The Labute approximate surface area is 129 Å². The van der Waals surface area contributed by atoms with Crippen LogP contribution in [0.25, 0.3) is 0 Å². The van der Waals surface area contributed by atoms with Gasteiger partial charge in [0.05, 0.1) is 0 Å². The molecule has 0 spiro atoms. The van der Waals surface area contributed by atoms with Crippen LogP contribution in [0, 0.1) is 23.7 Å². The first-order valence-electron chi connectivity index (χ1n) is 8.05. The molecular formula is C18H28O3. The van der Waals surface area contributed by atoms with Gasteiger partial charge in [0.2, 0.25) is 0 Å². The van der Waals surface area contributed by atoms with Gasteiger partial charge in [0.15, 0.2) is 0 Å². The van der Waals surface area contributed by atoms with Crippen LogP contribution in [0.4, 0.5) is 0 Å². The topological polar surface area (TPSA) is 57.5 Å². The Morgan fingerprint density at radius 3 is 2.33 bits per heavy atom. The van der Waals surface area contributed by atoms with Gasteiger partial charge in [-0.1, -0.05) is 57.3 Å². The number of aliphatic hydroxyl groups excluding tert-OH is 1. The van der Waals surface area contributed by atoms with E-state index < -0.39 is 12.1 Å². The van der Waals surface area contributed by atoms with E-state index in [4.69, 9.17) is 5.11 Å². The van der Waals surface area contributed by atoms with Gasteiger partial charge in [0, 0.05) is 12.8 Å². The van der Waals surface area contributed by atoms with Crippen molar-refractivity contribution < 1.29 is 15.0 Å². The van der Waals surface area contributed by atoms with Crippen molar-refractivity contribution in [2.75, 3.05) is 0 Å². The Balaban J connectivity index is 3.41. The van der Waals surface area contributed by atoms with Gasteiger partial charge in [-0.15, -0.1) is 0 Å². The Morgan fingerprint density at radius 1 is 1.00 bits per heavy atom. The van der Waals surface area contributed by atoms with E-state index in [1.807, 2.05) is 0 Å². The summed E-state index contributed by atoms with van der Waals surface area (Å²) in [6.45, 7) is 2.09. The van der Waals surface area contributed by atoms with E-state index >= 15 is 0 Å².